The van der Waals surface area contributed by atoms with E-state index in [1.165, 1.54) is 0 Å². The molecule has 0 saturated carbocycles. The van der Waals surface area contributed by atoms with E-state index in [-0.39, 0.29) is 6.03 Å². The summed E-state index contributed by atoms with van der Waals surface area (Å²) in [7, 11) is 0. The average Bonchev–Trinajstić information content (AvgIpc) is 2.25. The molecular formula is C11H20N2O4. The summed E-state index contributed by atoms with van der Waals surface area (Å²) in [5.41, 5.74) is -0.715. The largest absolute Gasteiger partial charge is 0.480 e. The summed E-state index contributed by atoms with van der Waals surface area (Å²) in [6.07, 6.45) is 1.39. The minimum atomic E-state index is -1.02. The van der Waals surface area contributed by atoms with Gasteiger partial charge in [0.25, 0.3) is 0 Å². The zero-order chi connectivity index (χ0) is 13.1. The Labute approximate surface area is 101 Å². The van der Waals surface area contributed by atoms with Crippen molar-refractivity contribution in [2.75, 3.05) is 13.1 Å². The monoisotopic (exact) mass is 244 g/mol. The number of hydrogen-bond donors (Lipinski definition) is 3. The van der Waals surface area contributed by atoms with Crippen LogP contribution < -0.4 is 5.32 Å². The molecule has 1 heterocycles. The Balaban J connectivity index is 2.46. The first-order valence-electron chi connectivity index (χ1n) is 5.86. The van der Waals surface area contributed by atoms with E-state index >= 15 is 0 Å². The summed E-state index contributed by atoms with van der Waals surface area (Å²) < 4.78 is 0. The van der Waals surface area contributed by atoms with Gasteiger partial charge < -0.3 is 20.4 Å². The topological polar surface area (TPSA) is 89.9 Å². The van der Waals surface area contributed by atoms with Crippen LogP contribution in [0.4, 0.5) is 4.79 Å². The van der Waals surface area contributed by atoms with Crippen molar-refractivity contribution in [2.45, 2.75) is 44.8 Å². The molecule has 0 aromatic rings. The number of nitrogens with one attached hydrogen (secondary N) is 1. The quantitative estimate of drug-likeness (QED) is 0.670. The highest BCUT2D eigenvalue weighted by atomic mass is 16.4. The van der Waals surface area contributed by atoms with E-state index in [0.717, 1.165) is 0 Å². The Kier molecular flexibility index (Phi) is 4.34. The fraction of sp³-hybridized carbons (Fsp3) is 0.818. The van der Waals surface area contributed by atoms with E-state index < -0.39 is 17.6 Å². The number of carbonyl (C=O) groups is 2. The Morgan fingerprint density at radius 3 is 2.35 bits per heavy atom. The van der Waals surface area contributed by atoms with Crippen LogP contribution in [0.5, 0.6) is 0 Å². The molecule has 0 spiro atoms. The molecule has 1 rings (SSSR count). The molecule has 6 nitrogen and oxygen atoms in total. The highest BCUT2D eigenvalue weighted by Gasteiger charge is 2.30. The highest BCUT2D eigenvalue weighted by Crippen LogP contribution is 2.20. The van der Waals surface area contributed by atoms with Crippen LogP contribution in [0.3, 0.4) is 0 Å². The second-order valence-corrected chi connectivity index (χ2v) is 4.73. The fourth-order valence-electron chi connectivity index (χ4n) is 1.77. The number of carboxylic acids is 1. The number of urea groups is 1. The average molecular weight is 244 g/mol. The molecule has 1 saturated heterocycles. The van der Waals surface area contributed by atoms with Gasteiger partial charge >= 0.3 is 12.0 Å². The number of nitrogens with zero attached hydrogens (tertiary/aromatic N) is 1. The van der Waals surface area contributed by atoms with Crippen molar-refractivity contribution in [3.05, 3.63) is 0 Å². The van der Waals surface area contributed by atoms with Gasteiger partial charge in [-0.05, 0) is 26.2 Å². The number of amides is 2. The van der Waals surface area contributed by atoms with Gasteiger partial charge in [-0.3, -0.25) is 0 Å². The van der Waals surface area contributed by atoms with Crippen LogP contribution in [0.15, 0.2) is 0 Å². The molecule has 0 radical (unpaired) electrons. The van der Waals surface area contributed by atoms with E-state index in [9.17, 15) is 14.7 Å². The summed E-state index contributed by atoms with van der Waals surface area (Å²) >= 11 is 0. The number of carbonyl (C=O) groups excluding carboxylic acids is 1. The molecule has 1 atom stereocenters. The Bertz CT molecular complexity index is 294. The second kappa shape index (κ2) is 5.35. The summed E-state index contributed by atoms with van der Waals surface area (Å²) in [6.45, 7) is 4.36. The van der Waals surface area contributed by atoms with Crippen LogP contribution in [0, 0.1) is 0 Å². The standard InChI is InChI=1S/C11H20N2O4/c1-3-8(9(14)15)12-10(16)13-6-4-11(2,17)5-7-13/h8,17H,3-7H2,1-2H3,(H,12,16)(H,14,15). The third-order valence-corrected chi connectivity index (χ3v) is 3.13. The van der Waals surface area contributed by atoms with Crippen molar-refractivity contribution < 1.29 is 19.8 Å². The first-order chi connectivity index (χ1) is 7.85. The molecule has 1 aliphatic heterocycles. The van der Waals surface area contributed by atoms with E-state index in [2.05, 4.69) is 5.32 Å². The van der Waals surface area contributed by atoms with E-state index in [4.69, 9.17) is 5.11 Å². The fourth-order valence-corrected chi connectivity index (χ4v) is 1.77. The predicted octanol–water partition coefficient (Wildman–Crippen LogP) is 0.406. The molecule has 17 heavy (non-hydrogen) atoms. The van der Waals surface area contributed by atoms with Gasteiger partial charge in [-0.2, -0.15) is 0 Å². The van der Waals surface area contributed by atoms with Crippen LogP contribution >= 0.6 is 0 Å². The maximum atomic E-state index is 11.8. The van der Waals surface area contributed by atoms with Crippen LogP contribution in [-0.2, 0) is 4.79 Å². The number of rotatable bonds is 3. The highest BCUT2D eigenvalue weighted by molar-refractivity contribution is 5.82. The number of hydrogen-bond acceptors (Lipinski definition) is 3. The SMILES string of the molecule is CCC(NC(=O)N1CCC(C)(O)CC1)C(=O)O. The van der Waals surface area contributed by atoms with Gasteiger partial charge in [0, 0.05) is 13.1 Å². The van der Waals surface area contributed by atoms with Gasteiger partial charge in [-0.25, -0.2) is 9.59 Å². The lowest BCUT2D eigenvalue weighted by molar-refractivity contribution is -0.139. The normalized spacial score (nSPS) is 20.8. The smallest absolute Gasteiger partial charge is 0.326 e. The molecular weight excluding hydrogens is 224 g/mol. The second-order valence-electron chi connectivity index (χ2n) is 4.73. The van der Waals surface area contributed by atoms with Gasteiger partial charge in [-0.15, -0.1) is 0 Å². The third-order valence-electron chi connectivity index (χ3n) is 3.13. The molecule has 0 bridgehead atoms. The van der Waals surface area contributed by atoms with Crippen molar-refractivity contribution >= 4 is 12.0 Å². The van der Waals surface area contributed by atoms with Crippen molar-refractivity contribution in [3.63, 3.8) is 0 Å². The lowest BCUT2D eigenvalue weighted by Crippen LogP contribution is -2.52. The van der Waals surface area contributed by atoms with Crippen LogP contribution in [0.1, 0.15) is 33.1 Å². The molecule has 6 heteroatoms. The van der Waals surface area contributed by atoms with Gasteiger partial charge in [0.15, 0.2) is 0 Å². The number of aliphatic carboxylic acids is 1. The van der Waals surface area contributed by atoms with Crippen molar-refractivity contribution in [1.82, 2.24) is 10.2 Å². The number of likely N-dealkylation sites (tertiary alicyclic amines) is 1. The maximum absolute atomic E-state index is 11.8. The Hall–Kier alpha value is -1.30. The molecule has 0 aromatic heterocycles. The van der Waals surface area contributed by atoms with Gasteiger partial charge in [0.1, 0.15) is 6.04 Å². The minimum Gasteiger partial charge on any atom is -0.480 e. The van der Waals surface area contributed by atoms with Crippen LogP contribution in [0.2, 0.25) is 0 Å². The predicted molar refractivity (Wildman–Crippen MR) is 61.7 cm³/mol. The third kappa shape index (κ3) is 3.89. The summed E-state index contributed by atoms with van der Waals surface area (Å²) in [5, 5.41) is 21.0. The molecule has 1 unspecified atom stereocenters. The molecule has 0 aromatic carbocycles. The summed E-state index contributed by atoms with van der Waals surface area (Å²) in [5.74, 6) is -1.02. The van der Waals surface area contributed by atoms with Crippen LogP contribution in [-0.4, -0.2) is 51.8 Å². The number of aliphatic hydroxyl groups is 1. The van der Waals surface area contributed by atoms with Gasteiger partial charge in [0.2, 0.25) is 0 Å². The summed E-state index contributed by atoms with van der Waals surface area (Å²) in [6, 6.07) is -1.21. The van der Waals surface area contributed by atoms with Crippen molar-refractivity contribution in [2.24, 2.45) is 0 Å². The van der Waals surface area contributed by atoms with Crippen LogP contribution in [0.25, 0.3) is 0 Å². The van der Waals surface area contributed by atoms with Gasteiger partial charge in [0.05, 0.1) is 5.60 Å². The molecule has 3 N–H and O–H groups in total. The van der Waals surface area contributed by atoms with E-state index in [0.29, 0.717) is 32.4 Å². The first kappa shape index (κ1) is 13.8. The van der Waals surface area contributed by atoms with Crippen molar-refractivity contribution in [1.29, 1.82) is 0 Å². The molecule has 0 aliphatic carbocycles. The lowest BCUT2D eigenvalue weighted by atomic mass is 9.94. The molecule has 1 aliphatic rings. The Morgan fingerprint density at radius 2 is 1.94 bits per heavy atom. The summed E-state index contributed by atoms with van der Waals surface area (Å²) in [4.78, 5) is 24.1. The van der Waals surface area contributed by atoms with E-state index in [1.54, 1.807) is 18.7 Å². The molecule has 1 fully saturated rings. The Morgan fingerprint density at radius 1 is 1.41 bits per heavy atom. The van der Waals surface area contributed by atoms with Crippen molar-refractivity contribution in [3.8, 4) is 0 Å². The minimum absolute atomic E-state index is 0.354. The zero-order valence-electron chi connectivity index (χ0n) is 10.3. The zero-order valence-corrected chi connectivity index (χ0v) is 10.3. The molecule has 98 valence electrons. The first-order valence-corrected chi connectivity index (χ1v) is 5.86. The van der Waals surface area contributed by atoms with Gasteiger partial charge in [-0.1, -0.05) is 6.92 Å². The maximum Gasteiger partial charge on any atom is 0.326 e. The number of piperidine rings is 1. The number of carboxylic acid groups (broad SMARTS) is 1. The molecule has 2 amide bonds. The van der Waals surface area contributed by atoms with E-state index in [1.807, 2.05) is 0 Å². The lowest BCUT2D eigenvalue weighted by Gasteiger charge is -2.36.